The molecule has 5 heteroatoms. The summed E-state index contributed by atoms with van der Waals surface area (Å²) in [6.45, 7) is 12.3. The normalized spacial score (nSPS) is 11.9. The molecular weight excluding hydrogens is 314 g/mol. The summed E-state index contributed by atoms with van der Waals surface area (Å²) in [6.07, 6.45) is 3.03. The molecule has 5 nitrogen and oxygen atoms in total. The van der Waals surface area contributed by atoms with Gasteiger partial charge in [-0.25, -0.2) is 9.97 Å². The van der Waals surface area contributed by atoms with Crippen LogP contribution < -0.4 is 5.32 Å². The van der Waals surface area contributed by atoms with Crippen molar-refractivity contribution in [3.8, 4) is 0 Å². The Hall–Kier alpha value is -2.56. The number of aromatic nitrogens is 2. The summed E-state index contributed by atoms with van der Waals surface area (Å²) in [4.78, 5) is 32.9. The van der Waals surface area contributed by atoms with Crippen molar-refractivity contribution < 1.29 is 9.59 Å². The number of ketones is 1. The van der Waals surface area contributed by atoms with Gasteiger partial charge in [0.2, 0.25) is 0 Å². The summed E-state index contributed by atoms with van der Waals surface area (Å²) >= 11 is 0. The van der Waals surface area contributed by atoms with Gasteiger partial charge in [0.1, 0.15) is 5.82 Å². The quantitative estimate of drug-likeness (QED) is 0.680. The summed E-state index contributed by atoms with van der Waals surface area (Å²) in [5, 5.41) is 2.55. The van der Waals surface area contributed by atoms with Crippen molar-refractivity contribution in [1.29, 1.82) is 0 Å². The van der Waals surface area contributed by atoms with Crippen LogP contribution in [0.25, 0.3) is 0 Å². The number of nitrogens with zero attached hydrogens (tertiary/aromatic N) is 2. The van der Waals surface area contributed by atoms with E-state index in [4.69, 9.17) is 0 Å². The first-order valence-corrected chi connectivity index (χ1v) is 8.27. The van der Waals surface area contributed by atoms with Crippen LogP contribution in [0.3, 0.4) is 0 Å². The Balaban J connectivity index is 2.09. The van der Waals surface area contributed by atoms with Crippen molar-refractivity contribution in [3.05, 3.63) is 53.6 Å². The van der Waals surface area contributed by atoms with Crippen LogP contribution in [0.2, 0.25) is 0 Å². The van der Waals surface area contributed by atoms with E-state index in [0.29, 0.717) is 17.1 Å². The lowest BCUT2D eigenvalue weighted by Crippen LogP contribution is -2.24. The fourth-order valence-corrected chi connectivity index (χ4v) is 2.22. The highest BCUT2D eigenvalue weighted by molar-refractivity contribution is 6.46. The minimum atomic E-state index is -0.699. The Labute approximate surface area is 148 Å². The van der Waals surface area contributed by atoms with Gasteiger partial charge >= 0.3 is 0 Å². The molecule has 1 aromatic carbocycles. The van der Waals surface area contributed by atoms with Crippen LogP contribution in [0.5, 0.6) is 0 Å². The monoisotopic (exact) mass is 339 g/mol. The number of benzene rings is 1. The molecular formula is C20H25N3O2. The minimum Gasteiger partial charge on any atom is -0.316 e. The zero-order valence-electron chi connectivity index (χ0n) is 15.7. The molecule has 2 rings (SSSR count). The molecule has 1 heterocycles. The predicted octanol–water partition coefficient (Wildman–Crippen LogP) is 3.89. The second-order valence-corrected chi connectivity index (χ2v) is 8.16. The van der Waals surface area contributed by atoms with Crippen molar-refractivity contribution in [2.75, 3.05) is 5.32 Å². The van der Waals surface area contributed by atoms with Crippen molar-refractivity contribution >= 4 is 17.4 Å². The van der Waals surface area contributed by atoms with Crippen molar-refractivity contribution in [1.82, 2.24) is 9.97 Å². The van der Waals surface area contributed by atoms with Gasteiger partial charge in [-0.2, -0.15) is 0 Å². The first-order chi connectivity index (χ1) is 11.5. The van der Waals surface area contributed by atoms with E-state index in [2.05, 4.69) is 36.1 Å². The Morgan fingerprint density at radius 2 is 1.36 bits per heavy atom. The van der Waals surface area contributed by atoms with Gasteiger partial charge in [-0.3, -0.25) is 9.59 Å². The summed E-state index contributed by atoms with van der Waals surface area (Å²) in [5.74, 6) is -0.606. The molecule has 1 N–H and O–H groups in total. The number of rotatable bonds is 3. The maximum absolute atomic E-state index is 12.3. The molecule has 0 fully saturated rings. The number of hydrogen-bond acceptors (Lipinski definition) is 4. The average molecular weight is 339 g/mol. The topological polar surface area (TPSA) is 72.0 Å². The number of hydrogen-bond donors (Lipinski definition) is 1. The summed E-state index contributed by atoms with van der Waals surface area (Å²) < 4.78 is 0. The third kappa shape index (κ3) is 4.72. The lowest BCUT2D eigenvalue weighted by molar-refractivity contribution is -0.112. The number of Topliss-reactive ketones (excluding diaryl/α,β-unsaturated/α-hetero) is 1. The van der Waals surface area contributed by atoms with Gasteiger partial charge in [0, 0.05) is 11.0 Å². The molecule has 2 aromatic rings. The SMILES string of the molecule is CC(C)(C)c1ccc(C(=O)C(=O)Nc2cnc(C(C)(C)C)nc2)cc1. The molecule has 0 saturated carbocycles. The molecule has 0 aliphatic rings. The summed E-state index contributed by atoms with van der Waals surface area (Å²) in [7, 11) is 0. The van der Waals surface area contributed by atoms with E-state index in [1.807, 2.05) is 32.9 Å². The number of anilines is 1. The van der Waals surface area contributed by atoms with E-state index < -0.39 is 11.7 Å². The lowest BCUT2D eigenvalue weighted by atomic mass is 9.86. The molecule has 1 aromatic heterocycles. The van der Waals surface area contributed by atoms with Gasteiger partial charge in [0.15, 0.2) is 0 Å². The van der Waals surface area contributed by atoms with Crippen LogP contribution in [0.1, 0.15) is 63.3 Å². The highest BCUT2D eigenvalue weighted by Gasteiger charge is 2.20. The first-order valence-electron chi connectivity index (χ1n) is 8.27. The van der Waals surface area contributed by atoms with Crippen molar-refractivity contribution in [2.45, 2.75) is 52.4 Å². The minimum absolute atomic E-state index is 0.00399. The van der Waals surface area contributed by atoms with Gasteiger partial charge in [-0.15, -0.1) is 0 Å². The highest BCUT2D eigenvalue weighted by Crippen LogP contribution is 2.22. The highest BCUT2D eigenvalue weighted by atomic mass is 16.2. The second-order valence-electron chi connectivity index (χ2n) is 8.16. The Morgan fingerprint density at radius 1 is 0.840 bits per heavy atom. The van der Waals surface area contributed by atoms with Gasteiger partial charge in [-0.05, 0) is 11.0 Å². The van der Waals surface area contributed by atoms with Crippen LogP contribution in [0.4, 0.5) is 5.69 Å². The Kier molecular flexibility index (Phi) is 5.07. The lowest BCUT2D eigenvalue weighted by Gasteiger charge is -2.18. The van der Waals surface area contributed by atoms with Crippen LogP contribution in [-0.4, -0.2) is 21.7 Å². The van der Waals surface area contributed by atoms with E-state index in [9.17, 15) is 9.59 Å². The number of amides is 1. The zero-order chi connectivity index (χ0) is 18.8. The number of carbonyl (C=O) groups is 2. The van der Waals surface area contributed by atoms with Gasteiger partial charge in [0.05, 0.1) is 18.1 Å². The summed E-state index contributed by atoms with van der Waals surface area (Å²) in [5.41, 5.74) is 1.69. The number of nitrogens with one attached hydrogen (secondary N) is 1. The fraction of sp³-hybridized carbons (Fsp3) is 0.400. The van der Waals surface area contributed by atoms with Crippen LogP contribution in [0.15, 0.2) is 36.7 Å². The maximum atomic E-state index is 12.3. The van der Waals surface area contributed by atoms with Crippen LogP contribution in [-0.2, 0) is 15.6 Å². The molecule has 0 bridgehead atoms. The molecule has 0 atom stereocenters. The molecule has 0 aliphatic carbocycles. The smallest absolute Gasteiger partial charge is 0.296 e. The standard InChI is InChI=1S/C20H25N3O2/c1-19(2,3)14-9-7-13(8-10-14)16(24)17(25)23-15-11-21-18(22-12-15)20(4,5)6/h7-12H,1-6H3,(H,23,25). The summed E-state index contributed by atoms with van der Waals surface area (Å²) in [6, 6.07) is 7.12. The van der Waals surface area contributed by atoms with E-state index in [-0.39, 0.29) is 10.8 Å². The molecule has 0 aliphatic heterocycles. The first kappa shape index (κ1) is 18.8. The average Bonchev–Trinajstić information content (AvgIpc) is 2.53. The van der Waals surface area contributed by atoms with Crippen molar-refractivity contribution in [2.24, 2.45) is 0 Å². The fourth-order valence-electron chi connectivity index (χ4n) is 2.22. The van der Waals surface area contributed by atoms with E-state index in [0.717, 1.165) is 5.56 Å². The second kappa shape index (κ2) is 6.75. The molecule has 0 spiro atoms. The Morgan fingerprint density at radius 3 is 1.80 bits per heavy atom. The molecule has 0 unspecified atom stereocenters. The molecule has 25 heavy (non-hydrogen) atoms. The molecule has 0 saturated heterocycles. The zero-order valence-corrected chi connectivity index (χ0v) is 15.7. The van der Waals surface area contributed by atoms with Crippen LogP contribution in [0, 0.1) is 0 Å². The third-order valence-corrected chi connectivity index (χ3v) is 3.80. The molecule has 132 valence electrons. The third-order valence-electron chi connectivity index (χ3n) is 3.80. The van der Waals surface area contributed by atoms with Crippen LogP contribution >= 0.6 is 0 Å². The number of carbonyl (C=O) groups excluding carboxylic acids is 2. The predicted molar refractivity (Wildman–Crippen MR) is 98.8 cm³/mol. The van der Waals surface area contributed by atoms with E-state index in [1.165, 1.54) is 12.4 Å². The van der Waals surface area contributed by atoms with Crippen molar-refractivity contribution in [3.63, 3.8) is 0 Å². The van der Waals surface area contributed by atoms with Gasteiger partial charge < -0.3 is 5.32 Å². The van der Waals surface area contributed by atoms with Gasteiger partial charge in [-0.1, -0.05) is 65.8 Å². The van der Waals surface area contributed by atoms with E-state index in [1.54, 1.807) is 12.1 Å². The largest absolute Gasteiger partial charge is 0.316 e. The maximum Gasteiger partial charge on any atom is 0.296 e. The molecule has 0 radical (unpaired) electrons. The Bertz CT molecular complexity index is 765. The molecule has 1 amide bonds. The van der Waals surface area contributed by atoms with Gasteiger partial charge in [0.25, 0.3) is 11.7 Å². The van der Waals surface area contributed by atoms with E-state index >= 15 is 0 Å².